The number of hydrogen-bond acceptors (Lipinski definition) is 9. The van der Waals surface area contributed by atoms with E-state index in [1.54, 1.807) is 27.7 Å². The molecule has 0 aromatic heterocycles. The summed E-state index contributed by atoms with van der Waals surface area (Å²) in [5.41, 5.74) is 14.7. The van der Waals surface area contributed by atoms with E-state index in [4.69, 9.17) is 17.2 Å². The van der Waals surface area contributed by atoms with Crippen LogP contribution in [-0.2, 0) is 40.0 Å². The van der Waals surface area contributed by atoms with Gasteiger partial charge in [0.05, 0.1) is 13.0 Å². The first-order valence-corrected chi connectivity index (χ1v) is 17.1. The molecule has 1 aliphatic heterocycles. The van der Waals surface area contributed by atoms with E-state index in [1.807, 2.05) is 5.32 Å². The van der Waals surface area contributed by atoms with Crippen LogP contribution in [0.1, 0.15) is 65.4 Å². The Hall–Kier alpha value is -4.92. The molecule has 11 N–H and O–H groups in total. The lowest BCUT2D eigenvalue weighted by atomic mass is 9.98. The van der Waals surface area contributed by atoms with Gasteiger partial charge >= 0.3 is 0 Å². The normalized spacial score (nSPS) is 17.0. The number of nitrogens with one attached hydrogen (secondary N) is 4. The Balaban J connectivity index is 2.43. The van der Waals surface area contributed by atoms with Crippen molar-refractivity contribution in [1.29, 1.82) is 0 Å². The van der Waals surface area contributed by atoms with Crippen LogP contribution in [0.4, 0.5) is 22.0 Å². The first-order chi connectivity index (χ1) is 25.1. The monoisotopic (exact) mass is 778 g/mol. The van der Waals surface area contributed by atoms with Gasteiger partial charge in [-0.2, -0.15) is 0 Å². The molecule has 21 heteroatoms. The predicted molar refractivity (Wildman–Crippen MR) is 179 cm³/mol. The molecular weight excluding hydrogens is 731 g/mol. The van der Waals surface area contributed by atoms with Crippen molar-refractivity contribution >= 4 is 41.4 Å². The maximum atomic E-state index is 14.6. The number of nitrogens with two attached hydrogens (primary N) is 3. The summed E-state index contributed by atoms with van der Waals surface area (Å²) in [5, 5.41) is 18.4. The standard InChI is InChI=1S/C33H47F5N8O8/c1-13(2)8-17(44-32(53)19(42-29(50)16(39)12-47)10-15-23(34)25(36)27(38)26(37)24(15)35)30(51)43-18(9-14(3)4)31(52)45-20(11-22(40)48)33(54)46-7-5-6-21(46)28(41)49/h13-14,16-21,47H,5-12,39H2,1-4H3,(H2,40,48)(H2,41,49)(H,42,50)(H,43,51)(H,44,53)(H,45,52)/t16-,17-,18-,19-,20-,21-/m0/s1. The number of primary amides is 2. The van der Waals surface area contributed by atoms with Crippen LogP contribution in [0.2, 0.25) is 0 Å². The minimum atomic E-state index is -2.47. The Kier molecular flexibility index (Phi) is 16.7. The summed E-state index contributed by atoms with van der Waals surface area (Å²) in [6.07, 6.45) is -1.52. The highest BCUT2D eigenvalue weighted by Gasteiger charge is 2.39. The van der Waals surface area contributed by atoms with E-state index in [2.05, 4.69) is 16.0 Å². The number of carbonyl (C=O) groups excluding carboxylic acids is 7. The highest BCUT2D eigenvalue weighted by Crippen LogP contribution is 2.25. The molecule has 0 radical (unpaired) electrons. The maximum absolute atomic E-state index is 14.6. The first-order valence-electron chi connectivity index (χ1n) is 17.1. The van der Waals surface area contributed by atoms with E-state index in [9.17, 15) is 60.6 Å². The van der Waals surface area contributed by atoms with E-state index < -0.39 is 132 Å². The third-order valence-corrected chi connectivity index (χ3v) is 8.44. The Morgan fingerprint density at radius 1 is 0.704 bits per heavy atom. The number of carbonyl (C=O) groups is 7. The summed E-state index contributed by atoms with van der Waals surface area (Å²) in [7, 11) is 0. The summed E-state index contributed by atoms with van der Waals surface area (Å²) in [6.45, 7) is 5.80. The van der Waals surface area contributed by atoms with Gasteiger partial charge in [0, 0.05) is 18.5 Å². The zero-order valence-corrected chi connectivity index (χ0v) is 30.1. The van der Waals surface area contributed by atoms with Gasteiger partial charge in [-0.05, 0) is 37.5 Å². The van der Waals surface area contributed by atoms with E-state index >= 15 is 0 Å². The summed E-state index contributed by atoms with van der Waals surface area (Å²) >= 11 is 0. The highest BCUT2D eigenvalue weighted by atomic mass is 19.2. The van der Waals surface area contributed by atoms with Crippen molar-refractivity contribution in [2.24, 2.45) is 29.0 Å². The minimum absolute atomic E-state index is 0.0526. The van der Waals surface area contributed by atoms with Crippen molar-refractivity contribution in [1.82, 2.24) is 26.2 Å². The number of hydrogen-bond donors (Lipinski definition) is 8. The highest BCUT2D eigenvalue weighted by molar-refractivity contribution is 5.98. The van der Waals surface area contributed by atoms with E-state index in [0.29, 0.717) is 6.42 Å². The van der Waals surface area contributed by atoms with Gasteiger partial charge in [0.2, 0.25) is 47.2 Å². The lowest BCUT2D eigenvalue weighted by Crippen LogP contribution is -2.60. The number of nitrogens with zero attached hydrogens (tertiary/aromatic N) is 1. The molecule has 0 aliphatic carbocycles. The van der Waals surface area contributed by atoms with Crippen molar-refractivity contribution in [2.45, 2.75) is 102 Å². The molecule has 2 rings (SSSR count). The Morgan fingerprint density at radius 2 is 1.13 bits per heavy atom. The van der Waals surface area contributed by atoms with Gasteiger partial charge in [0.25, 0.3) is 0 Å². The second-order valence-corrected chi connectivity index (χ2v) is 13.8. The van der Waals surface area contributed by atoms with Gasteiger partial charge in [0.15, 0.2) is 23.3 Å². The Morgan fingerprint density at radius 3 is 1.56 bits per heavy atom. The molecule has 54 heavy (non-hydrogen) atoms. The maximum Gasteiger partial charge on any atom is 0.246 e. The lowest BCUT2D eigenvalue weighted by molar-refractivity contribution is -0.142. The van der Waals surface area contributed by atoms with Crippen LogP contribution in [0.15, 0.2) is 0 Å². The quantitative estimate of drug-likeness (QED) is 0.0467. The molecule has 16 nitrogen and oxygen atoms in total. The topological polar surface area (TPSA) is 269 Å². The second-order valence-electron chi connectivity index (χ2n) is 13.8. The largest absolute Gasteiger partial charge is 0.394 e. The summed E-state index contributed by atoms with van der Waals surface area (Å²) < 4.78 is 71.0. The zero-order valence-electron chi connectivity index (χ0n) is 30.1. The molecule has 1 heterocycles. The Labute approximate surface area is 307 Å². The molecule has 1 aromatic rings. The van der Waals surface area contributed by atoms with Crippen molar-refractivity contribution in [3.8, 4) is 0 Å². The van der Waals surface area contributed by atoms with Crippen molar-refractivity contribution in [3.63, 3.8) is 0 Å². The summed E-state index contributed by atoms with van der Waals surface area (Å²) in [5.74, 6) is -19.4. The van der Waals surface area contributed by atoms with Crippen LogP contribution in [0.3, 0.4) is 0 Å². The van der Waals surface area contributed by atoms with Crippen LogP contribution in [0.25, 0.3) is 0 Å². The third-order valence-electron chi connectivity index (χ3n) is 8.44. The molecule has 0 spiro atoms. The van der Waals surface area contributed by atoms with Crippen LogP contribution >= 0.6 is 0 Å². The zero-order chi connectivity index (χ0) is 41.2. The molecule has 1 aromatic carbocycles. The number of benzene rings is 1. The summed E-state index contributed by atoms with van der Waals surface area (Å²) in [4.78, 5) is 91.7. The molecule has 0 saturated carbocycles. The molecule has 1 fully saturated rings. The number of likely N-dealkylation sites (tertiary alicyclic amines) is 1. The number of aliphatic hydroxyl groups is 1. The predicted octanol–water partition coefficient (Wildman–Crippen LogP) is -1.37. The molecule has 302 valence electrons. The fourth-order valence-corrected chi connectivity index (χ4v) is 5.76. The number of halogens is 5. The third kappa shape index (κ3) is 12.1. The average molecular weight is 779 g/mol. The summed E-state index contributed by atoms with van der Waals surface area (Å²) in [6, 6.07) is -9.30. The number of amides is 7. The van der Waals surface area contributed by atoms with Crippen LogP contribution in [-0.4, -0.2) is 101 Å². The van der Waals surface area contributed by atoms with Crippen molar-refractivity contribution < 1.29 is 60.6 Å². The van der Waals surface area contributed by atoms with Crippen molar-refractivity contribution in [2.75, 3.05) is 13.2 Å². The van der Waals surface area contributed by atoms with Gasteiger partial charge in [-0.25, -0.2) is 22.0 Å². The Bertz CT molecular complexity index is 1570. The minimum Gasteiger partial charge on any atom is -0.394 e. The number of rotatable bonds is 19. The van der Waals surface area contributed by atoms with E-state index in [-0.39, 0.29) is 37.6 Å². The molecule has 1 aliphatic rings. The van der Waals surface area contributed by atoms with Crippen LogP contribution in [0.5, 0.6) is 0 Å². The first kappa shape index (κ1) is 45.2. The van der Waals surface area contributed by atoms with E-state index in [1.165, 1.54) is 0 Å². The van der Waals surface area contributed by atoms with Gasteiger partial charge in [-0.15, -0.1) is 0 Å². The average Bonchev–Trinajstić information content (AvgIpc) is 3.59. The molecule has 7 amide bonds. The molecule has 6 atom stereocenters. The molecule has 0 bridgehead atoms. The molecule has 0 unspecified atom stereocenters. The van der Waals surface area contributed by atoms with Crippen LogP contribution < -0.4 is 38.5 Å². The molecular formula is C33H47F5N8O8. The van der Waals surface area contributed by atoms with Crippen LogP contribution in [0, 0.1) is 40.9 Å². The van der Waals surface area contributed by atoms with Gasteiger partial charge in [-0.1, -0.05) is 27.7 Å². The number of aliphatic hydroxyl groups excluding tert-OH is 1. The van der Waals surface area contributed by atoms with E-state index in [0.717, 1.165) is 4.90 Å². The lowest BCUT2D eigenvalue weighted by Gasteiger charge is -2.30. The van der Waals surface area contributed by atoms with Crippen molar-refractivity contribution in [3.05, 3.63) is 34.6 Å². The van der Waals surface area contributed by atoms with Gasteiger partial charge in [0.1, 0.15) is 36.3 Å². The molecule has 1 saturated heterocycles. The fourth-order valence-electron chi connectivity index (χ4n) is 5.76. The van der Waals surface area contributed by atoms with Gasteiger partial charge < -0.3 is 48.5 Å². The second kappa shape index (κ2) is 20.0. The SMILES string of the molecule is CC(C)C[C@H](NC(=O)[C@H](Cc1c(F)c(F)c(F)c(F)c1F)NC(=O)[C@@H](N)CO)C(=O)N[C@@H](CC(C)C)C(=O)N[C@@H](CC(N)=O)C(=O)N1CCC[C@H]1C(N)=O. The smallest absolute Gasteiger partial charge is 0.246 e. The van der Waals surface area contributed by atoms with Gasteiger partial charge in [-0.3, -0.25) is 33.6 Å². The fraction of sp³-hybridized carbons (Fsp3) is 0.606.